The smallest absolute Gasteiger partial charge is 0.217 e. The predicted octanol–water partition coefficient (Wildman–Crippen LogP) is 2.57. The molecule has 0 fully saturated rings. The SMILES string of the molecule is CC(=O)NCc1cc(C(=O)c2ccccc2)cc(C)c1O. The van der Waals surface area contributed by atoms with E-state index in [-0.39, 0.29) is 24.0 Å². The Kier molecular flexibility index (Phi) is 4.38. The maximum absolute atomic E-state index is 12.4. The zero-order chi connectivity index (χ0) is 15.4. The van der Waals surface area contributed by atoms with Crippen molar-refractivity contribution in [3.63, 3.8) is 0 Å². The van der Waals surface area contributed by atoms with Gasteiger partial charge in [0.1, 0.15) is 5.75 Å². The van der Waals surface area contributed by atoms with Gasteiger partial charge < -0.3 is 10.4 Å². The standard InChI is InChI=1S/C17H17NO3/c1-11-8-14(17(21)13-6-4-3-5-7-13)9-15(16(11)20)10-18-12(2)19/h3-9,20H,10H2,1-2H3,(H,18,19). The van der Waals surface area contributed by atoms with Crippen LogP contribution in [-0.2, 0) is 11.3 Å². The van der Waals surface area contributed by atoms with E-state index < -0.39 is 0 Å². The fraction of sp³-hybridized carbons (Fsp3) is 0.176. The second-order valence-electron chi connectivity index (χ2n) is 4.91. The minimum Gasteiger partial charge on any atom is -0.507 e. The third kappa shape index (κ3) is 3.48. The average Bonchev–Trinajstić information content (AvgIpc) is 2.48. The third-order valence-electron chi connectivity index (χ3n) is 3.21. The van der Waals surface area contributed by atoms with E-state index in [1.54, 1.807) is 43.3 Å². The molecule has 4 heteroatoms. The lowest BCUT2D eigenvalue weighted by Crippen LogP contribution is -2.19. The molecule has 0 aromatic heterocycles. The van der Waals surface area contributed by atoms with Gasteiger partial charge in [-0.05, 0) is 24.6 Å². The van der Waals surface area contributed by atoms with E-state index in [9.17, 15) is 14.7 Å². The Hall–Kier alpha value is -2.62. The third-order valence-corrected chi connectivity index (χ3v) is 3.21. The van der Waals surface area contributed by atoms with Crippen LogP contribution in [-0.4, -0.2) is 16.8 Å². The van der Waals surface area contributed by atoms with Gasteiger partial charge in [0.25, 0.3) is 0 Å². The molecule has 108 valence electrons. The van der Waals surface area contributed by atoms with E-state index in [0.29, 0.717) is 22.3 Å². The minimum atomic E-state index is -0.188. The first-order valence-electron chi connectivity index (χ1n) is 6.65. The van der Waals surface area contributed by atoms with E-state index in [0.717, 1.165) is 0 Å². The van der Waals surface area contributed by atoms with Crippen LogP contribution in [0.25, 0.3) is 0 Å². The zero-order valence-electron chi connectivity index (χ0n) is 12.0. The van der Waals surface area contributed by atoms with E-state index in [1.807, 2.05) is 6.07 Å². The van der Waals surface area contributed by atoms with Crippen molar-refractivity contribution in [2.75, 3.05) is 0 Å². The van der Waals surface area contributed by atoms with Gasteiger partial charge in [0.2, 0.25) is 5.91 Å². The quantitative estimate of drug-likeness (QED) is 0.847. The highest BCUT2D eigenvalue weighted by atomic mass is 16.3. The summed E-state index contributed by atoms with van der Waals surface area (Å²) in [5, 5.41) is 12.7. The predicted molar refractivity (Wildman–Crippen MR) is 80.2 cm³/mol. The van der Waals surface area contributed by atoms with Crippen LogP contribution in [0.3, 0.4) is 0 Å². The molecular formula is C17H17NO3. The molecule has 2 aromatic rings. The van der Waals surface area contributed by atoms with Crippen molar-refractivity contribution >= 4 is 11.7 Å². The summed E-state index contributed by atoms with van der Waals surface area (Å²) < 4.78 is 0. The number of aryl methyl sites for hydroxylation is 1. The average molecular weight is 283 g/mol. The summed E-state index contributed by atoms with van der Waals surface area (Å²) in [4.78, 5) is 23.4. The summed E-state index contributed by atoms with van der Waals surface area (Å²) in [6.07, 6.45) is 0. The number of aromatic hydroxyl groups is 1. The Labute approximate surface area is 123 Å². The van der Waals surface area contributed by atoms with Crippen molar-refractivity contribution in [3.05, 3.63) is 64.7 Å². The molecular weight excluding hydrogens is 266 g/mol. The lowest BCUT2D eigenvalue weighted by molar-refractivity contribution is -0.119. The van der Waals surface area contributed by atoms with E-state index in [2.05, 4.69) is 5.32 Å². The molecule has 0 saturated heterocycles. The molecule has 4 nitrogen and oxygen atoms in total. The van der Waals surface area contributed by atoms with Crippen LogP contribution in [0.2, 0.25) is 0 Å². The number of carbonyl (C=O) groups is 2. The van der Waals surface area contributed by atoms with Crippen LogP contribution < -0.4 is 5.32 Å². The number of nitrogens with one attached hydrogen (secondary N) is 1. The summed E-state index contributed by atoms with van der Waals surface area (Å²) in [5.41, 5.74) is 2.23. The van der Waals surface area contributed by atoms with Crippen LogP contribution in [0.15, 0.2) is 42.5 Å². The van der Waals surface area contributed by atoms with E-state index in [4.69, 9.17) is 0 Å². The first-order valence-corrected chi connectivity index (χ1v) is 6.65. The summed E-state index contributed by atoms with van der Waals surface area (Å²) in [6, 6.07) is 12.2. The maximum Gasteiger partial charge on any atom is 0.217 e. The summed E-state index contributed by atoms with van der Waals surface area (Å²) >= 11 is 0. The molecule has 0 atom stereocenters. The topological polar surface area (TPSA) is 66.4 Å². The number of amides is 1. The molecule has 0 unspecified atom stereocenters. The van der Waals surface area contributed by atoms with Crippen molar-refractivity contribution in [1.29, 1.82) is 0 Å². The van der Waals surface area contributed by atoms with Gasteiger partial charge in [0.15, 0.2) is 5.78 Å². The van der Waals surface area contributed by atoms with Crippen LogP contribution in [0.5, 0.6) is 5.75 Å². The fourth-order valence-corrected chi connectivity index (χ4v) is 2.09. The van der Waals surface area contributed by atoms with Crippen LogP contribution in [0.1, 0.15) is 34.0 Å². The molecule has 0 radical (unpaired) electrons. The molecule has 0 saturated carbocycles. The van der Waals surface area contributed by atoms with Gasteiger partial charge in [0.05, 0.1) is 0 Å². The number of rotatable bonds is 4. The maximum atomic E-state index is 12.4. The number of benzene rings is 2. The number of phenols is 1. The monoisotopic (exact) mass is 283 g/mol. The molecule has 2 rings (SSSR count). The summed E-state index contributed by atoms with van der Waals surface area (Å²) in [7, 11) is 0. The van der Waals surface area contributed by atoms with Gasteiger partial charge in [-0.15, -0.1) is 0 Å². The van der Waals surface area contributed by atoms with Gasteiger partial charge in [-0.25, -0.2) is 0 Å². The molecule has 0 bridgehead atoms. The molecule has 21 heavy (non-hydrogen) atoms. The summed E-state index contributed by atoms with van der Waals surface area (Å²) in [6.45, 7) is 3.33. The zero-order valence-corrected chi connectivity index (χ0v) is 12.0. The van der Waals surface area contributed by atoms with Crippen LogP contribution >= 0.6 is 0 Å². The second-order valence-corrected chi connectivity index (χ2v) is 4.91. The van der Waals surface area contributed by atoms with Gasteiger partial charge in [-0.1, -0.05) is 30.3 Å². The highest BCUT2D eigenvalue weighted by Crippen LogP contribution is 2.25. The number of hydrogen-bond acceptors (Lipinski definition) is 3. The Morgan fingerprint density at radius 2 is 1.76 bits per heavy atom. The summed E-state index contributed by atoms with van der Waals surface area (Å²) in [5.74, 6) is -0.192. The van der Waals surface area contributed by atoms with Crippen molar-refractivity contribution in [3.8, 4) is 5.75 Å². The molecule has 2 aromatic carbocycles. The highest BCUT2D eigenvalue weighted by Gasteiger charge is 2.14. The molecule has 2 N–H and O–H groups in total. The van der Waals surface area contributed by atoms with E-state index in [1.165, 1.54) is 6.92 Å². The highest BCUT2D eigenvalue weighted by molar-refractivity contribution is 6.09. The molecule has 0 aliphatic heterocycles. The van der Waals surface area contributed by atoms with Crippen molar-refractivity contribution in [1.82, 2.24) is 5.32 Å². The number of ketones is 1. The lowest BCUT2D eigenvalue weighted by atomic mass is 9.98. The van der Waals surface area contributed by atoms with Crippen LogP contribution in [0.4, 0.5) is 0 Å². The van der Waals surface area contributed by atoms with Gasteiger partial charge >= 0.3 is 0 Å². The molecule has 1 amide bonds. The Morgan fingerprint density at radius 3 is 2.38 bits per heavy atom. The second kappa shape index (κ2) is 6.22. The normalized spacial score (nSPS) is 10.2. The molecule has 0 aliphatic carbocycles. The lowest BCUT2D eigenvalue weighted by Gasteiger charge is -2.11. The van der Waals surface area contributed by atoms with Crippen molar-refractivity contribution in [2.45, 2.75) is 20.4 Å². The fourth-order valence-electron chi connectivity index (χ4n) is 2.09. The Morgan fingerprint density at radius 1 is 1.10 bits per heavy atom. The first-order chi connectivity index (χ1) is 9.99. The first kappa shape index (κ1) is 14.8. The van der Waals surface area contributed by atoms with Crippen molar-refractivity contribution in [2.24, 2.45) is 0 Å². The van der Waals surface area contributed by atoms with Crippen LogP contribution in [0, 0.1) is 6.92 Å². The molecule has 0 aliphatic rings. The number of phenolic OH excluding ortho intramolecular Hbond substituents is 1. The van der Waals surface area contributed by atoms with Gasteiger partial charge in [0, 0.05) is 30.2 Å². The number of hydrogen-bond donors (Lipinski definition) is 2. The molecule has 0 spiro atoms. The van der Waals surface area contributed by atoms with Gasteiger partial charge in [-0.2, -0.15) is 0 Å². The Balaban J connectivity index is 2.36. The molecule has 0 heterocycles. The number of carbonyl (C=O) groups excluding carboxylic acids is 2. The van der Waals surface area contributed by atoms with E-state index >= 15 is 0 Å². The largest absolute Gasteiger partial charge is 0.507 e. The Bertz CT molecular complexity index is 678. The van der Waals surface area contributed by atoms with Crippen molar-refractivity contribution < 1.29 is 14.7 Å². The minimum absolute atomic E-state index is 0.105. The van der Waals surface area contributed by atoms with Gasteiger partial charge in [-0.3, -0.25) is 9.59 Å².